The summed E-state index contributed by atoms with van der Waals surface area (Å²) in [4.78, 5) is 41.7. The summed E-state index contributed by atoms with van der Waals surface area (Å²) in [5.74, 6) is -0.375. The Hall–Kier alpha value is -3.15. The van der Waals surface area contributed by atoms with E-state index in [1.54, 1.807) is 4.90 Å². The molecule has 3 amide bonds. The Morgan fingerprint density at radius 1 is 0.935 bits per heavy atom. The van der Waals surface area contributed by atoms with Crippen LogP contribution in [0.25, 0.3) is 0 Å². The van der Waals surface area contributed by atoms with E-state index >= 15 is 0 Å². The average Bonchev–Trinajstić information content (AvgIpc) is 3.15. The smallest absolute Gasteiger partial charge is 0.228 e. The van der Waals surface area contributed by atoms with E-state index in [2.05, 4.69) is 5.32 Å². The third kappa shape index (κ3) is 4.79. The fourth-order valence-electron chi connectivity index (χ4n) is 4.43. The Kier molecular flexibility index (Phi) is 6.07. The van der Waals surface area contributed by atoms with Crippen molar-refractivity contribution in [2.45, 2.75) is 33.1 Å². The number of carbonyl (C=O) groups is 3. The fraction of sp³-hybridized carbons (Fsp3) is 0.400. The fourth-order valence-corrected chi connectivity index (χ4v) is 4.43. The predicted octanol–water partition coefficient (Wildman–Crippen LogP) is 3.53. The average molecular weight is 420 g/mol. The summed E-state index contributed by atoms with van der Waals surface area (Å²) < 4.78 is 0. The molecule has 1 N–H and O–H groups in total. The molecular weight excluding hydrogens is 390 g/mol. The van der Waals surface area contributed by atoms with Gasteiger partial charge in [-0.2, -0.15) is 0 Å². The topological polar surface area (TPSA) is 69.7 Å². The van der Waals surface area contributed by atoms with E-state index in [-0.39, 0.29) is 36.0 Å². The number of likely N-dealkylation sites (tertiary alicyclic amines) is 1. The van der Waals surface area contributed by atoms with Gasteiger partial charge in [0.25, 0.3) is 0 Å². The Morgan fingerprint density at radius 3 is 2.32 bits per heavy atom. The third-order valence-electron chi connectivity index (χ3n) is 6.28. The van der Waals surface area contributed by atoms with Crippen molar-refractivity contribution in [3.05, 3.63) is 59.7 Å². The summed E-state index contributed by atoms with van der Waals surface area (Å²) in [6.07, 6.45) is 1.54. The number of anilines is 2. The Bertz CT molecular complexity index is 978. The van der Waals surface area contributed by atoms with Crippen LogP contribution in [0.4, 0.5) is 11.4 Å². The molecule has 2 aliphatic rings. The van der Waals surface area contributed by atoms with Crippen molar-refractivity contribution in [2.24, 2.45) is 11.8 Å². The van der Waals surface area contributed by atoms with Crippen molar-refractivity contribution in [1.82, 2.24) is 4.90 Å². The number of piperidine rings is 1. The largest absolute Gasteiger partial charge is 0.342 e. The second-order valence-electron chi connectivity index (χ2n) is 8.70. The van der Waals surface area contributed by atoms with Gasteiger partial charge in [-0.05, 0) is 56.5 Å². The number of nitrogens with zero attached hydrogens (tertiary/aromatic N) is 2. The molecule has 2 heterocycles. The van der Waals surface area contributed by atoms with Crippen molar-refractivity contribution < 1.29 is 14.4 Å². The van der Waals surface area contributed by atoms with Gasteiger partial charge in [-0.15, -0.1) is 0 Å². The molecule has 6 heteroatoms. The molecule has 1 atom stereocenters. The van der Waals surface area contributed by atoms with Crippen molar-refractivity contribution >= 4 is 29.1 Å². The number of carbonyl (C=O) groups excluding carboxylic acids is 3. The molecule has 2 aromatic rings. The van der Waals surface area contributed by atoms with Gasteiger partial charge in [0.15, 0.2) is 0 Å². The predicted molar refractivity (Wildman–Crippen MR) is 121 cm³/mol. The molecule has 0 aliphatic carbocycles. The number of aryl methyl sites for hydroxylation is 2. The summed E-state index contributed by atoms with van der Waals surface area (Å²) in [5.41, 5.74) is 3.89. The van der Waals surface area contributed by atoms with Gasteiger partial charge in [-0.25, -0.2) is 0 Å². The van der Waals surface area contributed by atoms with E-state index < -0.39 is 0 Å². The second kappa shape index (κ2) is 8.92. The minimum absolute atomic E-state index is 0.00498. The van der Waals surface area contributed by atoms with E-state index in [1.807, 2.05) is 67.3 Å². The van der Waals surface area contributed by atoms with Crippen molar-refractivity contribution in [3.8, 4) is 0 Å². The molecule has 0 unspecified atom stereocenters. The number of rotatable bonds is 4. The molecule has 2 saturated heterocycles. The van der Waals surface area contributed by atoms with Crippen LogP contribution < -0.4 is 10.2 Å². The summed E-state index contributed by atoms with van der Waals surface area (Å²) >= 11 is 0. The standard InChI is InChI=1S/C25H29N3O3/c1-17-6-8-22(9-7-17)28-16-20(15-23(28)29)25(31)27-12-10-19(11-13-27)24(30)26-21-5-3-4-18(2)14-21/h3-9,14,19-20H,10-13,15-16H2,1-2H3,(H,26,30)/t20-/m1/s1. The van der Waals surface area contributed by atoms with Crippen LogP contribution in [-0.2, 0) is 14.4 Å². The van der Waals surface area contributed by atoms with Crippen LogP contribution >= 0.6 is 0 Å². The van der Waals surface area contributed by atoms with Crippen LogP contribution in [0.15, 0.2) is 48.5 Å². The first-order valence-corrected chi connectivity index (χ1v) is 10.9. The zero-order valence-corrected chi connectivity index (χ0v) is 18.1. The second-order valence-corrected chi connectivity index (χ2v) is 8.70. The van der Waals surface area contributed by atoms with Crippen LogP contribution in [0.3, 0.4) is 0 Å². The number of amides is 3. The lowest BCUT2D eigenvalue weighted by Crippen LogP contribution is -2.44. The number of hydrogen-bond donors (Lipinski definition) is 1. The van der Waals surface area contributed by atoms with Crippen LogP contribution in [0.1, 0.15) is 30.4 Å². The van der Waals surface area contributed by atoms with E-state index in [0.717, 1.165) is 22.5 Å². The van der Waals surface area contributed by atoms with E-state index in [0.29, 0.717) is 32.5 Å². The lowest BCUT2D eigenvalue weighted by Gasteiger charge is -2.33. The molecule has 162 valence electrons. The highest BCUT2D eigenvalue weighted by Crippen LogP contribution is 2.28. The van der Waals surface area contributed by atoms with Crippen LogP contribution in [0.5, 0.6) is 0 Å². The van der Waals surface area contributed by atoms with Gasteiger partial charge in [0.05, 0.1) is 5.92 Å². The highest BCUT2D eigenvalue weighted by molar-refractivity contribution is 6.00. The highest BCUT2D eigenvalue weighted by atomic mass is 16.2. The molecule has 6 nitrogen and oxygen atoms in total. The zero-order chi connectivity index (χ0) is 22.0. The molecule has 0 saturated carbocycles. The SMILES string of the molecule is Cc1ccc(N2C[C@H](C(=O)N3CCC(C(=O)Nc4cccc(C)c4)CC3)CC2=O)cc1. The number of nitrogens with one attached hydrogen (secondary N) is 1. The third-order valence-corrected chi connectivity index (χ3v) is 6.28. The molecule has 2 aliphatic heterocycles. The van der Waals surface area contributed by atoms with Crippen molar-refractivity contribution in [1.29, 1.82) is 0 Å². The Labute approximate surface area is 183 Å². The summed E-state index contributed by atoms with van der Waals surface area (Å²) in [5, 5.41) is 2.99. The molecule has 2 aromatic carbocycles. The van der Waals surface area contributed by atoms with Gasteiger partial charge in [0, 0.05) is 43.3 Å². The van der Waals surface area contributed by atoms with Gasteiger partial charge in [0.2, 0.25) is 17.7 Å². The van der Waals surface area contributed by atoms with E-state index in [1.165, 1.54) is 0 Å². The zero-order valence-electron chi connectivity index (χ0n) is 18.1. The molecule has 0 bridgehead atoms. The van der Waals surface area contributed by atoms with Crippen molar-refractivity contribution in [2.75, 3.05) is 29.9 Å². The van der Waals surface area contributed by atoms with Gasteiger partial charge >= 0.3 is 0 Å². The first-order valence-electron chi connectivity index (χ1n) is 10.9. The Balaban J connectivity index is 1.30. The lowest BCUT2D eigenvalue weighted by atomic mass is 9.94. The Morgan fingerprint density at radius 2 is 1.65 bits per heavy atom. The monoisotopic (exact) mass is 419 g/mol. The maximum atomic E-state index is 13.0. The summed E-state index contributed by atoms with van der Waals surface area (Å²) in [6, 6.07) is 15.6. The van der Waals surface area contributed by atoms with E-state index in [4.69, 9.17) is 0 Å². The van der Waals surface area contributed by atoms with Crippen LogP contribution in [-0.4, -0.2) is 42.3 Å². The van der Waals surface area contributed by atoms with Crippen molar-refractivity contribution in [3.63, 3.8) is 0 Å². The molecular formula is C25H29N3O3. The number of hydrogen-bond acceptors (Lipinski definition) is 3. The maximum absolute atomic E-state index is 13.0. The highest BCUT2D eigenvalue weighted by Gasteiger charge is 2.38. The van der Waals surface area contributed by atoms with E-state index in [9.17, 15) is 14.4 Å². The molecule has 0 spiro atoms. The maximum Gasteiger partial charge on any atom is 0.228 e. The van der Waals surface area contributed by atoms with Gasteiger partial charge in [0.1, 0.15) is 0 Å². The van der Waals surface area contributed by atoms with Gasteiger partial charge in [-0.1, -0.05) is 29.8 Å². The summed E-state index contributed by atoms with van der Waals surface area (Å²) in [6.45, 7) is 5.54. The molecule has 2 fully saturated rings. The molecule has 31 heavy (non-hydrogen) atoms. The molecule has 4 rings (SSSR count). The minimum atomic E-state index is -0.313. The molecule has 0 aromatic heterocycles. The first-order chi connectivity index (χ1) is 14.9. The quantitative estimate of drug-likeness (QED) is 0.824. The minimum Gasteiger partial charge on any atom is -0.342 e. The first kappa shape index (κ1) is 21.1. The number of benzene rings is 2. The normalized spacial score (nSPS) is 19.5. The van der Waals surface area contributed by atoms with Crippen LogP contribution in [0, 0.1) is 25.7 Å². The van der Waals surface area contributed by atoms with Gasteiger partial charge < -0.3 is 15.1 Å². The lowest BCUT2D eigenvalue weighted by molar-refractivity contribution is -0.138. The molecule has 0 radical (unpaired) electrons. The van der Waals surface area contributed by atoms with Gasteiger partial charge in [-0.3, -0.25) is 14.4 Å². The summed E-state index contributed by atoms with van der Waals surface area (Å²) in [7, 11) is 0. The van der Waals surface area contributed by atoms with Crippen LogP contribution in [0.2, 0.25) is 0 Å².